The van der Waals surface area contributed by atoms with Crippen LogP contribution in [0.4, 0.5) is 0 Å². The van der Waals surface area contributed by atoms with Gasteiger partial charge < -0.3 is 5.11 Å². The molecule has 2 rings (SSSR count). The second kappa shape index (κ2) is 5.01. The molecule has 5 heteroatoms. The molecule has 96 valence electrons. The largest absolute Gasteiger partial charge is 0.508 e. The van der Waals surface area contributed by atoms with Gasteiger partial charge in [-0.3, -0.25) is 0 Å². The van der Waals surface area contributed by atoms with Crippen LogP contribution in [0.5, 0.6) is 5.75 Å². The highest BCUT2D eigenvalue weighted by atomic mass is 32.2. The van der Waals surface area contributed by atoms with Gasteiger partial charge in [-0.1, -0.05) is 12.0 Å². The Kier molecular flexibility index (Phi) is 3.60. The second-order valence-electron chi connectivity index (χ2n) is 4.44. The van der Waals surface area contributed by atoms with Crippen LogP contribution in [-0.2, 0) is 10.0 Å². The summed E-state index contributed by atoms with van der Waals surface area (Å²) in [6.45, 7) is 0.524. The Morgan fingerprint density at radius 1 is 1.44 bits per heavy atom. The first-order valence-corrected chi connectivity index (χ1v) is 7.20. The number of phenolic OH excluding ortho intramolecular Hbond substituents is 1. The van der Waals surface area contributed by atoms with E-state index in [2.05, 4.69) is 5.92 Å². The first kappa shape index (κ1) is 12.9. The van der Waals surface area contributed by atoms with E-state index in [0.29, 0.717) is 12.5 Å². The van der Waals surface area contributed by atoms with E-state index < -0.39 is 10.0 Å². The molecule has 0 amide bonds. The van der Waals surface area contributed by atoms with Crippen molar-refractivity contribution in [2.75, 3.05) is 13.1 Å². The number of benzene rings is 1. The molecule has 4 nitrogen and oxygen atoms in total. The third kappa shape index (κ3) is 2.84. The highest BCUT2D eigenvalue weighted by Crippen LogP contribution is 2.31. The molecule has 0 heterocycles. The van der Waals surface area contributed by atoms with Crippen LogP contribution in [0.15, 0.2) is 29.2 Å². The van der Waals surface area contributed by atoms with Gasteiger partial charge in [0.25, 0.3) is 0 Å². The Morgan fingerprint density at radius 3 is 2.72 bits per heavy atom. The monoisotopic (exact) mass is 265 g/mol. The molecule has 1 N–H and O–H groups in total. The van der Waals surface area contributed by atoms with Crippen molar-refractivity contribution in [2.24, 2.45) is 5.92 Å². The van der Waals surface area contributed by atoms with Crippen molar-refractivity contribution in [3.05, 3.63) is 24.3 Å². The van der Waals surface area contributed by atoms with Crippen molar-refractivity contribution in [2.45, 2.75) is 17.7 Å². The van der Waals surface area contributed by atoms with Gasteiger partial charge >= 0.3 is 0 Å². The van der Waals surface area contributed by atoms with E-state index in [-0.39, 0.29) is 17.2 Å². The molecule has 0 bridgehead atoms. The quantitative estimate of drug-likeness (QED) is 0.819. The lowest BCUT2D eigenvalue weighted by Crippen LogP contribution is -2.33. The SMILES string of the molecule is C#CCN(CC1CC1)S(=O)(=O)c1cccc(O)c1. The minimum absolute atomic E-state index is 0.0640. The third-order valence-electron chi connectivity index (χ3n) is 2.88. The Labute approximate surface area is 107 Å². The summed E-state index contributed by atoms with van der Waals surface area (Å²) in [5, 5.41) is 9.36. The van der Waals surface area contributed by atoms with Crippen molar-refractivity contribution < 1.29 is 13.5 Å². The van der Waals surface area contributed by atoms with Gasteiger partial charge in [0, 0.05) is 6.54 Å². The summed E-state index contributed by atoms with van der Waals surface area (Å²) in [7, 11) is -3.61. The lowest BCUT2D eigenvalue weighted by atomic mass is 10.3. The molecule has 1 aromatic rings. The molecule has 0 aromatic heterocycles. The number of aromatic hydroxyl groups is 1. The third-order valence-corrected chi connectivity index (χ3v) is 4.69. The van der Waals surface area contributed by atoms with E-state index in [1.165, 1.54) is 28.6 Å². The molecule has 0 unspecified atom stereocenters. The number of sulfonamides is 1. The van der Waals surface area contributed by atoms with Gasteiger partial charge in [0.1, 0.15) is 5.75 Å². The van der Waals surface area contributed by atoms with Crippen LogP contribution in [0.2, 0.25) is 0 Å². The zero-order valence-corrected chi connectivity index (χ0v) is 10.7. The standard InChI is InChI=1S/C13H15NO3S/c1-2-8-14(10-11-6-7-11)18(16,17)13-5-3-4-12(15)9-13/h1,3-5,9,11,15H,6-8,10H2. The molecule has 0 atom stereocenters. The van der Waals surface area contributed by atoms with Gasteiger partial charge in [-0.05, 0) is 37.0 Å². The summed E-state index contributed by atoms with van der Waals surface area (Å²) in [5.74, 6) is 2.73. The topological polar surface area (TPSA) is 57.6 Å². The summed E-state index contributed by atoms with van der Waals surface area (Å²) >= 11 is 0. The van der Waals surface area contributed by atoms with Gasteiger partial charge in [-0.2, -0.15) is 4.31 Å². The van der Waals surface area contributed by atoms with E-state index in [1.807, 2.05) is 0 Å². The maximum absolute atomic E-state index is 12.4. The first-order valence-electron chi connectivity index (χ1n) is 5.76. The van der Waals surface area contributed by atoms with Crippen molar-refractivity contribution >= 4 is 10.0 Å². The van der Waals surface area contributed by atoms with Gasteiger partial charge in [-0.15, -0.1) is 6.42 Å². The molecule has 0 saturated heterocycles. The number of hydrogen-bond acceptors (Lipinski definition) is 3. The van der Waals surface area contributed by atoms with Crippen LogP contribution in [-0.4, -0.2) is 30.9 Å². The Bertz CT molecular complexity index is 570. The molecule has 1 aromatic carbocycles. The lowest BCUT2D eigenvalue weighted by Gasteiger charge is -2.19. The highest BCUT2D eigenvalue weighted by molar-refractivity contribution is 7.89. The predicted molar refractivity (Wildman–Crippen MR) is 68.4 cm³/mol. The molecule has 18 heavy (non-hydrogen) atoms. The Balaban J connectivity index is 2.29. The van der Waals surface area contributed by atoms with Crippen LogP contribution in [0, 0.1) is 18.3 Å². The average Bonchev–Trinajstić information content (AvgIpc) is 3.12. The summed E-state index contributed by atoms with van der Waals surface area (Å²) in [6, 6.07) is 5.65. The van der Waals surface area contributed by atoms with Crippen LogP contribution in [0.25, 0.3) is 0 Å². The second-order valence-corrected chi connectivity index (χ2v) is 6.38. The number of rotatable bonds is 5. The van der Waals surface area contributed by atoms with Crippen molar-refractivity contribution in [3.63, 3.8) is 0 Å². The Hall–Kier alpha value is -1.51. The average molecular weight is 265 g/mol. The maximum Gasteiger partial charge on any atom is 0.244 e. The molecule has 0 radical (unpaired) electrons. The molecular formula is C13H15NO3S. The van der Waals surface area contributed by atoms with Gasteiger partial charge in [0.2, 0.25) is 10.0 Å². The molecular weight excluding hydrogens is 250 g/mol. The van der Waals surface area contributed by atoms with E-state index >= 15 is 0 Å². The van der Waals surface area contributed by atoms with Crippen LogP contribution < -0.4 is 0 Å². The summed E-state index contributed by atoms with van der Waals surface area (Å²) in [4.78, 5) is 0.0819. The minimum Gasteiger partial charge on any atom is -0.508 e. The van der Waals surface area contributed by atoms with E-state index in [9.17, 15) is 13.5 Å². The van der Waals surface area contributed by atoms with Crippen LogP contribution >= 0.6 is 0 Å². The summed E-state index contributed by atoms with van der Waals surface area (Å²) in [6.07, 6.45) is 7.33. The van der Waals surface area contributed by atoms with Crippen molar-refractivity contribution in [1.82, 2.24) is 4.31 Å². The van der Waals surface area contributed by atoms with Gasteiger partial charge in [-0.25, -0.2) is 8.42 Å². The first-order chi connectivity index (χ1) is 8.54. The number of nitrogens with zero attached hydrogens (tertiary/aromatic N) is 1. The fraction of sp³-hybridized carbons (Fsp3) is 0.385. The zero-order valence-electron chi connectivity index (χ0n) is 9.91. The molecule has 0 spiro atoms. The molecule has 1 aliphatic rings. The Morgan fingerprint density at radius 2 is 2.17 bits per heavy atom. The number of hydrogen-bond donors (Lipinski definition) is 1. The fourth-order valence-corrected chi connectivity index (χ4v) is 3.20. The van der Waals surface area contributed by atoms with Crippen molar-refractivity contribution in [1.29, 1.82) is 0 Å². The number of terminal acetylenes is 1. The molecule has 1 saturated carbocycles. The van der Waals surface area contributed by atoms with E-state index in [4.69, 9.17) is 6.42 Å². The minimum atomic E-state index is -3.61. The molecule has 1 aliphatic carbocycles. The molecule has 0 aliphatic heterocycles. The lowest BCUT2D eigenvalue weighted by molar-refractivity contribution is 0.428. The van der Waals surface area contributed by atoms with E-state index in [0.717, 1.165) is 12.8 Å². The number of phenols is 1. The smallest absolute Gasteiger partial charge is 0.244 e. The zero-order chi connectivity index (χ0) is 13.2. The van der Waals surface area contributed by atoms with E-state index in [1.54, 1.807) is 0 Å². The van der Waals surface area contributed by atoms with Gasteiger partial charge in [0.05, 0.1) is 11.4 Å². The van der Waals surface area contributed by atoms with Gasteiger partial charge in [0.15, 0.2) is 0 Å². The normalized spacial score (nSPS) is 15.6. The molecule has 1 fully saturated rings. The summed E-state index contributed by atoms with van der Waals surface area (Å²) in [5.41, 5.74) is 0. The maximum atomic E-state index is 12.4. The highest BCUT2D eigenvalue weighted by Gasteiger charge is 2.31. The van der Waals surface area contributed by atoms with Crippen LogP contribution in [0.1, 0.15) is 12.8 Å². The van der Waals surface area contributed by atoms with Crippen LogP contribution in [0.3, 0.4) is 0 Å². The predicted octanol–water partition coefficient (Wildman–Crippen LogP) is 1.43. The fourth-order valence-electron chi connectivity index (χ4n) is 1.73. The van der Waals surface area contributed by atoms with Crippen molar-refractivity contribution in [3.8, 4) is 18.1 Å². The summed E-state index contributed by atoms with van der Waals surface area (Å²) < 4.78 is 26.0.